The fourth-order valence-electron chi connectivity index (χ4n) is 7.91. The van der Waals surface area contributed by atoms with Gasteiger partial charge in [0.05, 0.1) is 0 Å². The summed E-state index contributed by atoms with van der Waals surface area (Å²) in [6.45, 7) is 6.61. The lowest BCUT2D eigenvalue weighted by molar-refractivity contribution is -0.237. The van der Waals surface area contributed by atoms with Crippen molar-refractivity contribution in [2.45, 2.75) is 77.4 Å². The molecular formula is C21H34O2. The molecule has 0 aromatic carbocycles. The molecule has 130 valence electrons. The van der Waals surface area contributed by atoms with Crippen LogP contribution in [0, 0.1) is 40.4 Å². The van der Waals surface area contributed by atoms with Gasteiger partial charge >= 0.3 is 0 Å². The monoisotopic (exact) mass is 318 g/mol. The first-order valence-corrected chi connectivity index (χ1v) is 10.0. The van der Waals surface area contributed by atoms with Gasteiger partial charge in [0.15, 0.2) is 6.29 Å². The second-order valence-electron chi connectivity index (χ2n) is 9.35. The summed E-state index contributed by atoms with van der Waals surface area (Å²) in [6, 6.07) is 0. The molecule has 2 nitrogen and oxygen atoms in total. The third-order valence-electron chi connectivity index (χ3n) is 8.99. The zero-order chi connectivity index (χ0) is 16.2. The minimum atomic E-state index is -1.11. The van der Waals surface area contributed by atoms with Crippen molar-refractivity contribution in [3.05, 3.63) is 12.7 Å². The number of hydrogen-bond donors (Lipinski definition) is 2. The zero-order valence-electron chi connectivity index (χ0n) is 14.7. The fourth-order valence-corrected chi connectivity index (χ4v) is 7.91. The number of hydrogen-bond acceptors (Lipinski definition) is 2. The van der Waals surface area contributed by atoms with Crippen LogP contribution in [0.2, 0.25) is 0 Å². The normalized spacial score (nSPS) is 52.6. The first-order valence-electron chi connectivity index (χ1n) is 10.0. The number of aliphatic hydroxyl groups is 2. The third-order valence-corrected chi connectivity index (χ3v) is 8.99. The molecule has 23 heavy (non-hydrogen) atoms. The van der Waals surface area contributed by atoms with Crippen LogP contribution in [0.4, 0.5) is 0 Å². The van der Waals surface area contributed by atoms with E-state index in [9.17, 15) is 10.2 Å². The molecular weight excluding hydrogens is 284 g/mol. The molecule has 0 spiro atoms. The lowest BCUT2D eigenvalue weighted by atomic mass is 9.44. The van der Waals surface area contributed by atoms with Crippen LogP contribution in [0.1, 0.15) is 71.1 Å². The van der Waals surface area contributed by atoms with Crippen molar-refractivity contribution in [3.8, 4) is 0 Å². The molecule has 4 fully saturated rings. The van der Waals surface area contributed by atoms with E-state index in [0.717, 1.165) is 18.3 Å². The average molecular weight is 319 g/mol. The average Bonchev–Trinajstić information content (AvgIpc) is 2.90. The zero-order valence-corrected chi connectivity index (χ0v) is 14.7. The van der Waals surface area contributed by atoms with Gasteiger partial charge in [-0.15, -0.1) is 6.58 Å². The molecule has 0 saturated heterocycles. The summed E-state index contributed by atoms with van der Waals surface area (Å²) < 4.78 is 0. The predicted octanol–water partition coefficient (Wildman–Crippen LogP) is 4.51. The van der Waals surface area contributed by atoms with Gasteiger partial charge in [-0.25, -0.2) is 0 Å². The summed E-state index contributed by atoms with van der Waals surface area (Å²) in [6.07, 6.45) is 13.5. The minimum absolute atomic E-state index is 0.186. The lowest BCUT2D eigenvalue weighted by Crippen LogP contribution is -2.58. The van der Waals surface area contributed by atoms with Crippen LogP contribution in [0.25, 0.3) is 0 Å². The van der Waals surface area contributed by atoms with Crippen LogP contribution < -0.4 is 0 Å². The van der Waals surface area contributed by atoms with Gasteiger partial charge in [-0.2, -0.15) is 0 Å². The molecule has 2 N–H and O–H groups in total. The summed E-state index contributed by atoms with van der Waals surface area (Å²) in [4.78, 5) is 0. The van der Waals surface area contributed by atoms with Gasteiger partial charge in [0.2, 0.25) is 0 Å². The molecule has 0 amide bonds. The molecule has 1 unspecified atom stereocenters. The summed E-state index contributed by atoms with van der Waals surface area (Å²) in [5, 5.41) is 20.9. The second-order valence-corrected chi connectivity index (χ2v) is 9.35. The van der Waals surface area contributed by atoms with Crippen LogP contribution in [0.3, 0.4) is 0 Å². The van der Waals surface area contributed by atoms with Gasteiger partial charge in [0.25, 0.3) is 0 Å². The molecule has 7 atom stereocenters. The van der Waals surface area contributed by atoms with E-state index in [1.807, 2.05) is 0 Å². The Morgan fingerprint density at radius 3 is 2.52 bits per heavy atom. The highest BCUT2D eigenvalue weighted by atomic mass is 16.5. The van der Waals surface area contributed by atoms with Crippen molar-refractivity contribution in [1.82, 2.24) is 0 Å². The van der Waals surface area contributed by atoms with Crippen molar-refractivity contribution in [2.24, 2.45) is 40.4 Å². The van der Waals surface area contributed by atoms with Crippen LogP contribution in [-0.2, 0) is 0 Å². The van der Waals surface area contributed by atoms with Crippen molar-refractivity contribution in [3.63, 3.8) is 0 Å². The summed E-state index contributed by atoms with van der Waals surface area (Å²) in [7, 11) is 0. The van der Waals surface area contributed by atoms with Gasteiger partial charge in [-0.05, 0) is 86.4 Å². The molecule has 0 bridgehead atoms. The first kappa shape index (κ1) is 16.1. The SMILES string of the molecule is C=C[C@H]1CC[C@H]2[C@@H]3CCC4CCCC[C@]4(C(O)O)[C@H]3CC[C@]12C. The number of allylic oxidation sites excluding steroid dienone is 1. The molecule has 0 aromatic rings. The van der Waals surface area contributed by atoms with E-state index in [2.05, 4.69) is 19.6 Å². The largest absolute Gasteiger partial charge is 0.368 e. The van der Waals surface area contributed by atoms with E-state index < -0.39 is 6.29 Å². The number of aliphatic hydroxyl groups excluding tert-OH is 1. The highest BCUT2D eigenvalue weighted by Crippen LogP contribution is 2.68. The Bertz CT molecular complexity index is 472. The molecule has 4 aliphatic carbocycles. The van der Waals surface area contributed by atoms with E-state index in [1.165, 1.54) is 57.8 Å². The van der Waals surface area contributed by atoms with Crippen molar-refractivity contribution in [1.29, 1.82) is 0 Å². The second kappa shape index (κ2) is 5.59. The van der Waals surface area contributed by atoms with E-state index >= 15 is 0 Å². The summed E-state index contributed by atoms with van der Waals surface area (Å²) >= 11 is 0. The Morgan fingerprint density at radius 1 is 0.957 bits per heavy atom. The highest BCUT2D eigenvalue weighted by molar-refractivity contribution is 5.12. The van der Waals surface area contributed by atoms with Crippen LogP contribution >= 0.6 is 0 Å². The van der Waals surface area contributed by atoms with E-state index in [4.69, 9.17) is 0 Å². The standard InChI is InChI=1S/C21H34O2/c1-3-14-8-10-17-16-9-7-15-6-4-5-12-21(15,19(22)23)18(16)11-13-20(14,17)2/h3,14-19,22-23H,1,4-13H2,2H3/t14-,15?,16-,17-,18-,20+,21+/m0/s1. The Balaban J connectivity index is 1.69. The van der Waals surface area contributed by atoms with Gasteiger partial charge in [-0.1, -0.05) is 25.8 Å². The Morgan fingerprint density at radius 2 is 1.78 bits per heavy atom. The van der Waals surface area contributed by atoms with Crippen LogP contribution in [0.15, 0.2) is 12.7 Å². The molecule has 4 rings (SSSR count). The maximum Gasteiger partial charge on any atom is 0.157 e. The molecule has 4 aliphatic rings. The predicted molar refractivity (Wildman–Crippen MR) is 92.6 cm³/mol. The molecule has 2 heteroatoms. The van der Waals surface area contributed by atoms with E-state index in [0.29, 0.717) is 23.2 Å². The van der Waals surface area contributed by atoms with Crippen LogP contribution in [-0.4, -0.2) is 16.5 Å². The van der Waals surface area contributed by atoms with Crippen molar-refractivity contribution in [2.75, 3.05) is 0 Å². The Hall–Kier alpha value is -0.340. The molecule has 0 heterocycles. The highest BCUT2D eigenvalue weighted by Gasteiger charge is 2.62. The van der Waals surface area contributed by atoms with Gasteiger partial charge in [0.1, 0.15) is 0 Å². The smallest absolute Gasteiger partial charge is 0.157 e. The third kappa shape index (κ3) is 2.07. The minimum Gasteiger partial charge on any atom is -0.368 e. The van der Waals surface area contributed by atoms with E-state index in [-0.39, 0.29) is 5.41 Å². The maximum atomic E-state index is 10.4. The molecule has 0 radical (unpaired) electrons. The fraction of sp³-hybridized carbons (Fsp3) is 0.905. The maximum absolute atomic E-state index is 10.4. The van der Waals surface area contributed by atoms with Gasteiger partial charge < -0.3 is 10.2 Å². The summed E-state index contributed by atoms with van der Waals surface area (Å²) in [5.74, 6) is 3.27. The topological polar surface area (TPSA) is 40.5 Å². The Kier molecular flexibility index (Phi) is 3.93. The number of fused-ring (bicyclic) bond motifs is 5. The molecule has 0 aliphatic heterocycles. The lowest BCUT2D eigenvalue weighted by Gasteiger charge is -2.61. The van der Waals surface area contributed by atoms with Crippen molar-refractivity contribution >= 4 is 0 Å². The molecule has 0 aromatic heterocycles. The Labute approximate surface area is 141 Å². The van der Waals surface area contributed by atoms with Crippen LogP contribution in [0.5, 0.6) is 0 Å². The quantitative estimate of drug-likeness (QED) is 0.581. The van der Waals surface area contributed by atoms with Gasteiger partial charge in [0, 0.05) is 5.41 Å². The first-order chi connectivity index (χ1) is 11.0. The van der Waals surface area contributed by atoms with Gasteiger partial charge in [-0.3, -0.25) is 0 Å². The molecule has 4 saturated carbocycles. The summed E-state index contributed by atoms with van der Waals surface area (Å²) in [5.41, 5.74) is 0.237. The van der Waals surface area contributed by atoms with E-state index in [1.54, 1.807) is 0 Å². The van der Waals surface area contributed by atoms with Crippen molar-refractivity contribution < 1.29 is 10.2 Å². The number of rotatable bonds is 2.